The zero-order valence-corrected chi connectivity index (χ0v) is 26.1. The molecule has 0 bridgehead atoms. The third-order valence-corrected chi connectivity index (χ3v) is 9.19. The Morgan fingerprint density at radius 3 is 2.09 bits per heavy atom. The maximum absolute atomic E-state index is 14.4. The Hall–Kier alpha value is -4.50. The molecule has 44 heavy (non-hydrogen) atoms. The molecule has 1 atom stereocenters. The zero-order chi connectivity index (χ0) is 31.7. The summed E-state index contributed by atoms with van der Waals surface area (Å²) >= 11 is 0. The number of hydrogen-bond donors (Lipinski definition) is 1. The number of likely N-dealkylation sites (N-methyl/N-ethyl adjacent to an activating group) is 1. The van der Waals surface area contributed by atoms with E-state index in [0.717, 1.165) is 21.0 Å². The van der Waals surface area contributed by atoms with Crippen LogP contribution in [0.4, 0.5) is 10.1 Å². The fraction of sp³-hybridized carbons (Fsp3) is 0.257. The molecule has 1 N–H and O–H groups in total. The molecule has 4 rings (SSSR count). The van der Waals surface area contributed by atoms with Crippen molar-refractivity contribution in [3.8, 4) is 0 Å². The number of anilines is 1. The lowest BCUT2D eigenvalue weighted by Gasteiger charge is -2.34. The first-order valence-corrected chi connectivity index (χ1v) is 16.1. The number of carbonyl (C=O) groups excluding carboxylic acids is 2. The van der Waals surface area contributed by atoms with Crippen LogP contribution in [0.25, 0.3) is 0 Å². The molecule has 0 aliphatic rings. The summed E-state index contributed by atoms with van der Waals surface area (Å²) in [5.74, 6) is -1.36. The van der Waals surface area contributed by atoms with Gasteiger partial charge in [0.2, 0.25) is 11.8 Å². The molecule has 7 nitrogen and oxygen atoms in total. The van der Waals surface area contributed by atoms with Gasteiger partial charge in [-0.2, -0.15) is 0 Å². The van der Waals surface area contributed by atoms with Gasteiger partial charge in [-0.05, 0) is 67.3 Å². The van der Waals surface area contributed by atoms with E-state index in [9.17, 15) is 22.4 Å². The van der Waals surface area contributed by atoms with Crippen LogP contribution < -0.4 is 9.62 Å². The highest BCUT2D eigenvalue weighted by atomic mass is 32.2. The SMILES string of the molecule is CCNC(=O)[C@H](Cc1ccccc1)N(Cc1ccc(F)cc1)C(=O)CN(c1ccccc1CC)S(=O)(=O)c1ccc(C)cc1. The van der Waals surface area contributed by atoms with Gasteiger partial charge in [-0.1, -0.05) is 85.3 Å². The number of sulfonamides is 1. The molecule has 0 fully saturated rings. The van der Waals surface area contributed by atoms with E-state index in [1.807, 2.05) is 56.3 Å². The first kappa shape index (κ1) is 32.4. The van der Waals surface area contributed by atoms with Crippen molar-refractivity contribution in [3.05, 3.63) is 131 Å². The van der Waals surface area contributed by atoms with E-state index in [4.69, 9.17) is 0 Å². The molecule has 4 aromatic carbocycles. The van der Waals surface area contributed by atoms with E-state index in [2.05, 4.69) is 5.32 Å². The topological polar surface area (TPSA) is 86.8 Å². The molecule has 0 saturated carbocycles. The van der Waals surface area contributed by atoms with E-state index >= 15 is 0 Å². The number of nitrogens with one attached hydrogen (secondary N) is 1. The highest BCUT2D eigenvalue weighted by Crippen LogP contribution is 2.28. The summed E-state index contributed by atoms with van der Waals surface area (Å²) in [7, 11) is -4.19. The lowest BCUT2D eigenvalue weighted by Crippen LogP contribution is -2.53. The second-order valence-corrected chi connectivity index (χ2v) is 12.4. The number of para-hydroxylation sites is 1. The Labute approximate surface area is 259 Å². The lowest BCUT2D eigenvalue weighted by atomic mass is 10.0. The van der Waals surface area contributed by atoms with Gasteiger partial charge in [0, 0.05) is 19.5 Å². The number of rotatable bonds is 13. The van der Waals surface area contributed by atoms with Crippen molar-refractivity contribution in [2.24, 2.45) is 0 Å². The number of benzene rings is 4. The minimum absolute atomic E-state index is 0.0262. The van der Waals surface area contributed by atoms with Gasteiger partial charge < -0.3 is 10.2 Å². The number of halogens is 1. The standard InChI is InChI=1S/C35H38FN3O4S/c1-4-29-13-9-10-14-32(29)39(44(42,43)31-21-15-26(3)16-22-31)25-34(40)38(24-28-17-19-30(36)20-18-28)33(35(41)37-5-2)23-27-11-7-6-8-12-27/h6-22,33H,4-5,23-25H2,1-3H3,(H,37,41)/t33-/m0/s1. The number of hydrogen-bond acceptors (Lipinski definition) is 4. The van der Waals surface area contributed by atoms with Gasteiger partial charge in [-0.25, -0.2) is 12.8 Å². The Morgan fingerprint density at radius 2 is 1.45 bits per heavy atom. The summed E-state index contributed by atoms with van der Waals surface area (Å²) in [5, 5.41) is 2.84. The Bertz CT molecular complexity index is 1660. The van der Waals surface area contributed by atoms with Gasteiger partial charge in [0.15, 0.2) is 0 Å². The van der Waals surface area contributed by atoms with E-state index < -0.39 is 34.3 Å². The molecule has 0 heterocycles. The summed E-state index contributed by atoms with van der Waals surface area (Å²) in [6.45, 7) is 5.36. The Morgan fingerprint density at radius 1 is 0.818 bits per heavy atom. The molecule has 9 heteroatoms. The molecule has 0 aromatic heterocycles. The van der Waals surface area contributed by atoms with Crippen LogP contribution in [0.1, 0.15) is 36.1 Å². The van der Waals surface area contributed by atoms with Gasteiger partial charge in [0.25, 0.3) is 10.0 Å². The molecule has 2 amide bonds. The van der Waals surface area contributed by atoms with Crippen LogP contribution >= 0.6 is 0 Å². The van der Waals surface area contributed by atoms with Gasteiger partial charge in [-0.3, -0.25) is 13.9 Å². The predicted octanol–water partition coefficient (Wildman–Crippen LogP) is 5.67. The van der Waals surface area contributed by atoms with Crippen molar-refractivity contribution in [1.29, 1.82) is 0 Å². The minimum atomic E-state index is -4.19. The van der Waals surface area contributed by atoms with Crippen LogP contribution in [0.2, 0.25) is 0 Å². The summed E-state index contributed by atoms with van der Waals surface area (Å²) < 4.78 is 43.3. The average molecular weight is 616 g/mol. The van der Waals surface area contributed by atoms with Gasteiger partial charge in [0.1, 0.15) is 18.4 Å². The second kappa shape index (κ2) is 14.8. The van der Waals surface area contributed by atoms with E-state index in [-0.39, 0.29) is 23.8 Å². The molecule has 4 aromatic rings. The molecule has 0 spiro atoms. The molecule has 0 saturated heterocycles. The second-order valence-electron chi connectivity index (χ2n) is 10.6. The van der Waals surface area contributed by atoms with Crippen LogP contribution in [0, 0.1) is 12.7 Å². The van der Waals surface area contributed by atoms with Gasteiger partial charge in [-0.15, -0.1) is 0 Å². The fourth-order valence-electron chi connectivity index (χ4n) is 5.04. The first-order valence-electron chi connectivity index (χ1n) is 14.7. The molecular weight excluding hydrogens is 577 g/mol. The van der Waals surface area contributed by atoms with Crippen molar-refractivity contribution in [3.63, 3.8) is 0 Å². The van der Waals surface area contributed by atoms with Crippen LogP contribution in [0.15, 0.2) is 108 Å². The quantitative estimate of drug-likeness (QED) is 0.210. The largest absolute Gasteiger partial charge is 0.355 e. The Kier molecular flexibility index (Phi) is 10.9. The molecule has 0 aliphatic carbocycles. The van der Waals surface area contributed by atoms with E-state index in [1.54, 1.807) is 43.3 Å². The highest BCUT2D eigenvalue weighted by Gasteiger charge is 2.35. The molecule has 0 radical (unpaired) electrons. The summed E-state index contributed by atoms with van der Waals surface area (Å²) in [5.41, 5.74) is 3.48. The fourth-order valence-corrected chi connectivity index (χ4v) is 6.49. The first-order chi connectivity index (χ1) is 21.1. The summed E-state index contributed by atoms with van der Waals surface area (Å²) in [6, 6.07) is 27.6. The lowest BCUT2D eigenvalue weighted by molar-refractivity contribution is -0.140. The van der Waals surface area contributed by atoms with Crippen molar-refractivity contribution in [2.75, 3.05) is 17.4 Å². The predicted molar refractivity (Wildman–Crippen MR) is 171 cm³/mol. The van der Waals surface area contributed by atoms with Crippen LogP contribution in [-0.2, 0) is 39.0 Å². The van der Waals surface area contributed by atoms with Crippen LogP contribution in [0.5, 0.6) is 0 Å². The van der Waals surface area contributed by atoms with Crippen molar-refractivity contribution < 1.29 is 22.4 Å². The molecule has 230 valence electrons. The number of nitrogens with zero attached hydrogens (tertiary/aromatic N) is 2. The van der Waals surface area contributed by atoms with Crippen molar-refractivity contribution in [1.82, 2.24) is 10.2 Å². The third kappa shape index (κ3) is 7.90. The van der Waals surface area contributed by atoms with Gasteiger partial charge >= 0.3 is 0 Å². The van der Waals surface area contributed by atoms with Gasteiger partial charge in [0.05, 0.1) is 10.6 Å². The highest BCUT2D eigenvalue weighted by molar-refractivity contribution is 7.92. The number of amides is 2. The Balaban J connectivity index is 1.82. The third-order valence-electron chi connectivity index (χ3n) is 7.42. The maximum Gasteiger partial charge on any atom is 0.264 e. The normalized spacial score (nSPS) is 11.9. The number of carbonyl (C=O) groups is 2. The van der Waals surface area contributed by atoms with E-state index in [1.165, 1.54) is 29.2 Å². The summed E-state index contributed by atoms with van der Waals surface area (Å²) in [4.78, 5) is 29.4. The molecular formula is C35H38FN3O4S. The monoisotopic (exact) mass is 615 g/mol. The minimum Gasteiger partial charge on any atom is -0.355 e. The number of aryl methyl sites for hydroxylation is 2. The van der Waals surface area contributed by atoms with Crippen molar-refractivity contribution >= 4 is 27.5 Å². The smallest absolute Gasteiger partial charge is 0.264 e. The van der Waals surface area contributed by atoms with Crippen LogP contribution in [-0.4, -0.2) is 44.3 Å². The average Bonchev–Trinajstić information content (AvgIpc) is 3.03. The molecule has 0 unspecified atom stereocenters. The zero-order valence-electron chi connectivity index (χ0n) is 25.2. The molecule has 0 aliphatic heterocycles. The van der Waals surface area contributed by atoms with Crippen LogP contribution in [0.3, 0.4) is 0 Å². The van der Waals surface area contributed by atoms with Crippen molar-refractivity contribution in [2.45, 2.75) is 51.1 Å². The maximum atomic E-state index is 14.4. The summed E-state index contributed by atoms with van der Waals surface area (Å²) in [6.07, 6.45) is 0.745. The van der Waals surface area contributed by atoms with E-state index in [0.29, 0.717) is 24.2 Å².